The molecule has 0 atom stereocenters. The first-order valence-electron chi connectivity index (χ1n) is 6.72. The van der Waals surface area contributed by atoms with E-state index in [4.69, 9.17) is 0 Å². The molecule has 22 heavy (non-hydrogen) atoms. The van der Waals surface area contributed by atoms with Gasteiger partial charge in [0.15, 0.2) is 5.13 Å². The summed E-state index contributed by atoms with van der Waals surface area (Å²) >= 11 is 1.41. The Bertz CT molecular complexity index is 821. The average Bonchev–Trinajstić information content (AvgIpc) is 2.80. The average molecular weight is 315 g/mol. The lowest BCUT2D eigenvalue weighted by molar-refractivity contribution is 0.262. The van der Waals surface area contributed by atoms with Gasteiger partial charge in [-0.05, 0) is 55.3 Å². The maximum absolute atomic E-state index is 13.1. The van der Waals surface area contributed by atoms with Gasteiger partial charge in [-0.1, -0.05) is 17.4 Å². The zero-order valence-corrected chi connectivity index (χ0v) is 12.9. The number of aryl methyl sites for hydroxylation is 2. The standard InChI is InChI=1S/C16H14FN3OS/c1-9-6-13-14(7-10(9)2)22-16(19-13)20-15(21)18-12-5-3-4-11(17)8-12/h3-8H,1-2H3,(H2,18,19,20,21). The maximum atomic E-state index is 13.1. The lowest BCUT2D eigenvalue weighted by atomic mass is 10.1. The minimum atomic E-state index is -0.446. The third-order valence-electron chi connectivity index (χ3n) is 3.31. The molecule has 0 aliphatic rings. The summed E-state index contributed by atoms with van der Waals surface area (Å²) in [7, 11) is 0. The molecule has 6 heteroatoms. The highest BCUT2D eigenvalue weighted by Crippen LogP contribution is 2.28. The van der Waals surface area contributed by atoms with E-state index >= 15 is 0 Å². The van der Waals surface area contributed by atoms with Crippen molar-refractivity contribution in [1.29, 1.82) is 0 Å². The smallest absolute Gasteiger partial charge is 0.308 e. The molecular weight excluding hydrogens is 301 g/mol. The molecule has 0 bridgehead atoms. The molecule has 0 unspecified atom stereocenters. The van der Waals surface area contributed by atoms with Crippen LogP contribution in [0.1, 0.15) is 11.1 Å². The van der Waals surface area contributed by atoms with Gasteiger partial charge in [0.25, 0.3) is 0 Å². The second kappa shape index (κ2) is 5.73. The zero-order valence-electron chi connectivity index (χ0n) is 12.1. The quantitative estimate of drug-likeness (QED) is 0.720. The van der Waals surface area contributed by atoms with Crippen LogP contribution in [0.4, 0.5) is 20.0 Å². The number of hydrogen-bond donors (Lipinski definition) is 2. The molecule has 3 rings (SSSR count). The molecule has 4 nitrogen and oxygen atoms in total. The van der Waals surface area contributed by atoms with Crippen LogP contribution in [-0.4, -0.2) is 11.0 Å². The van der Waals surface area contributed by atoms with E-state index in [1.165, 1.54) is 35.1 Å². The van der Waals surface area contributed by atoms with Gasteiger partial charge in [0.05, 0.1) is 10.2 Å². The van der Waals surface area contributed by atoms with Crippen LogP contribution >= 0.6 is 11.3 Å². The number of urea groups is 1. The SMILES string of the molecule is Cc1cc2nc(NC(=O)Nc3cccc(F)c3)sc2cc1C. The fourth-order valence-electron chi connectivity index (χ4n) is 2.06. The highest BCUT2D eigenvalue weighted by Gasteiger charge is 2.09. The first-order valence-corrected chi connectivity index (χ1v) is 7.54. The van der Waals surface area contributed by atoms with Gasteiger partial charge in [-0.25, -0.2) is 14.2 Å². The summed E-state index contributed by atoms with van der Waals surface area (Å²) in [5, 5.41) is 5.76. The van der Waals surface area contributed by atoms with Crippen LogP contribution in [0.3, 0.4) is 0 Å². The number of fused-ring (bicyclic) bond motifs is 1. The lowest BCUT2D eigenvalue weighted by Gasteiger charge is -2.04. The third kappa shape index (κ3) is 3.07. The molecule has 112 valence electrons. The van der Waals surface area contributed by atoms with Crippen LogP contribution < -0.4 is 10.6 Å². The summed E-state index contributed by atoms with van der Waals surface area (Å²) in [5.74, 6) is -0.399. The number of nitrogens with one attached hydrogen (secondary N) is 2. The highest BCUT2D eigenvalue weighted by molar-refractivity contribution is 7.22. The molecule has 1 heterocycles. The van der Waals surface area contributed by atoms with Gasteiger partial charge < -0.3 is 5.32 Å². The van der Waals surface area contributed by atoms with E-state index in [9.17, 15) is 9.18 Å². The Labute approximate surface area is 131 Å². The summed E-state index contributed by atoms with van der Waals surface area (Å²) in [6.07, 6.45) is 0. The number of benzene rings is 2. The van der Waals surface area contributed by atoms with Crippen molar-refractivity contribution in [3.8, 4) is 0 Å². The van der Waals surface area contributed by atoms with E-state index in [0.29, 0.717) is 10.8 Å². The number of hydrogen-bond acceptors (Lipinski definition) is 3. The Morgan fingerprint density at radius 2 is 1.91 bits per heavy atom. The van der Waals surface area contributed by atoms with E-state index in [1.807, 2.05) is 19.9 Å². The molecule has 3 aromatic rings. The van der Waals surface area contributed by atoms with Crippen molar-refractivity contribution in [3.63, 3.8) is 0 Å². The second-order valence-electron chi connectivity index (χ2n) is 5.01. The van der Waals surface area contributed by atoms with Crippen LogP contribution in [0.15, 0.2) is 36.4 Å². The lowest BCUT2D eigenvalue weighted by Crippen LogP contribution is -2.19. The van der Waals surface area contributed by atoms with E-state index in [0.717, 1.165) is 15.8 Å². The van der Waals surface area contributed by atoms with E-state index in [2.05, 4.69) is 21.7 Å². The molecule has 0 aliphatic carbocycles. The van der Waals surface area contributed by atoms with Crippen LogP contribution in [0.25, 0.3) is 10.2 Å². The topological polar surface area (TPSA) is 54.0 Å². The van der Waals surface area contributed by atoms with E-state index in [1.54, 1.807) is 6.07 Å². The molecule has 0 radical (unpaired) electrons. The second-order valence-corrected chi connectivity index (χ2v) is 6.04. The minimum absolute atomic E-state index is 0.394. The van der Waals surface area contributed by atoms with Crippen LogP contribution in [0.2, 0.25) is 0 Å². The number of carbonyl (C=O) groups excluding carboxylic acids is 1. The fraction of sp³-hybridized carbons (Fsp3) is 0.125. The Morgan fingerprint density at radius 1 is 1.14 bits per heavy atom. The van der Waals surface area contributed by atoms with Crippen LogP contribution in [-0.2, 0) is 0 Å². The maximum Gasteiger partial charge on any atom is 0.325 e. The largest absolute Gasteiger partial charge is 0.325 e. The molecule has 2 aromatic carbocycles. The number of amides is 2. The Hall–Kier alpha value is -2.47. The van der Waals surface area contributed by atoms with Crippen molar-refractivity contribution < 1.29 is 9.18 Å². The van der Waals surface area contributed by atoms with Crippen molar-refractivity contribution in [3.05, 3.63) is 53.3 Å². The number of carbonyl (C=O) groups is 1. The highest BCUT2D eigenvalue weighted by atomic mass is 32.1. The molecular formula is C16H14FN3OS. The Morgan fingerprint density at radius 3 is 2.68 bits per heavy atom. The number of rotatable bonds is 2. The number of anilines is 2. The summed E-state index contributed by atoms with van der Waals surface area (Å²) in [5.41, 5.74) is 3.60. The Kier molecular flexibility index (Phi) is 3.77. The van der Waals surface area contributed by atoms with Gasteiger partial charge in [-0.2, -0.15) is 0 Å². The zero-order chi connectivity index (χ0) is 15.7. The van der Waals surface area contributed by atoms with Gasteiger partial charge in [-0.15, -0.1) is 0 Å². The summed E-state index contributed by atoms with van der Waals surface area (Å²) in [4.78, 5) is 16.3. The predicted octanol–water partition coefficient (Wildman–Crippen LogP) is 4.70. The van der Waals surface area contributed by atoms with E-state index in [-0.39, 0.29) is 0 Å². The van der Waals surface area contributed by atoms with Crippen molar-refractivity contribution in [2.24, 2.45) is 0 Å². The van der Waals surface area contributed by atoms with E-state index < -0.39 is 11.8 Å². The summed E-state index contributed by atoms with van der Waals surface area (Å²) in [6.45, 7) is 4.07. The molecule has 0 spiro atoms. The van der Waals surface area contributed by atoms with Crippen LogP contribution in [0.5, 0.6) is 0 Å². The number of aromatic nitrogens is 1. The number of thiazole rings is 1. The van der Waals surface area contributed by atoms with Crippen molar-refractivity contribution in [1.82, 2.24) is 4.98 Å². The summed E-state index contributed by atoms with van der Waals surface area (Å²) in [6, 6.07) is 9.33. The molecule has 0 fully saturated rings. The third-order valence-corrected chi connectivity index (χ3v) is 4.24. The van der Waals surface area contributed by atoms with Crippen LogP contribution in [0, 0.1) is 19.7 Å². The number of halogens is 1. The first kappa shape index (κ1) is 14.5. The molecule has 2 amide bonds. The summed E-state index contributed by atoms with van der Waals surface area (Å²) < 4.78 is 14.1. The molecule has 2 N–H and O–H groups in total. The van der Waals surface area contributed by atoms with Crippen molar-refractivity contribution >= 4 is 38.4 Å². The first-order chi connectivity index (χ1) is 10.5. The van der Waals surface area contributed by atoms with Gasteiger partial charge >= 0.3 is 6.03 Å². The Balaban J connectivity index is 1.76. The monoisotopic (exact) mass is 315 g/mol. The normalized spacial score (nSPS) is 10.7. The number of nitrogens with zero attached hydrogens (tertiary/aromatic N) is 1. The van der Waals surface area contributed by atoms with Gasteiger partial charge in [0, 0.05) is 5.69 Å². The van der Waals surface area contributed by atoms with Crippen molar-refractivity contribution in [2.75, 3.05) is 10.6 Å². The van der Waals surface area contributed by atoms with Gasteiger partial charge in [-0.3, -0.25) is 5.32 Å². The predicted molar refractivity (Wildman–Crippen MR) is 88.1 cm³/mol. The minimum Gasteiger partial charge on any atom is -0.308 e. The molecule has 0 aliphatic heterocycles. The molecule has 1 aromatic heterocycles. The van der Waals surface area contributed by atoms with Gasteiger partial charge in [0.1, 0.15) is 5.82 Å². The van der Waals surface area contributed by atoms with Crippen molar-refractivity contribution in [2.45, 2.75) is 13.8 Å². The molecule has 0 saturated heterocycles. The fourth-order valence-corrected chi connectivity index (χ4v) is 3.00. The van der Waals surface area contributed by atoms with Gasteiger partial charge in [0.2, 0.25) is 0 Å². The molecule has 0 saturated carbocycles.